The highest BCUT2D eigenvalue weighted by molar-refractivity contribution is 5.15. The maximum absolute atomic E-state index is 13.3. The summed E-state index contributed by atoms with van der Waals surface area (Å²) < 4.78 is 335. The van der Waals surface area contributed by atoms with Crippen molar-refractivity contribution in [3.8, 4) is 0 Å². The fraction of sp³-hybridized carbons (Fsp3) is 0.714. The number of hydrogen-bond donors (Lipinski definition) is 0. The van der Waals surface area contributed by atoms with E-state index in [0.717, 1.165) is 0 Å². The average molecular weight is 710 g/mol. The van der Waals surface area contributed by atoms with Crippen molar-refractivity contribution in [2.24, 2.45) is 0 Å². The minimum Gasteiger partial charge on any atom is -0.244 e. The Bertz CT molecular complexity index is 992. The molecule has 0 bridgehead atoms. The second-order valence-electron chi connectivity index (χ2n) is 6.81. The normalized spacial score (nSPS) is 17.2. The standard InChI is InChI=1S/C14F26O3/c15-1(3(17)7(23,24)42-13(37,38)9(27,28)11(31,32)33)5(19,20)41-6(21,22)2(16)4(18)8(25,26)43-14(39,40)10(29,30)12(34,35)36. The van der Waals surface area contributed by atoms with Gasteiger partial charge in [0.25, 0.3) is 0 Å². The Morgan fingerprint density at radius 3 is 0.605 bits per heavy atom. The van der Waals surface area contributed by atoms with E-state index < -0.39 is 84.2 Å². The van der Waals surface area contributed by atoms with Crippen molar-refractivity contribution in [3.05, 3.63) is 23.3 Å². The highest BCUT2D eigenvalue weighted by Crippen LogP contribution is 2.53. The smallest absolute Gasteiger partial charge is 0.244 e. The van der Waals surface area contributed by atoms with Gasteiger partial charge in [0.2, 0.25) is 23.3 Å². The van der Waals surface area contributed by atoms with Crippen LogP contribution in [0.1, 0.15) is 0 Å². The highest BCUT2D eigenvalue weighted by Gasteiger charge is 2.78. The Balaban J connectivity index is 6.50. The van der Waals surface area contributed by atoms with Crippen molar-refractivity contribution in [2.75, 3.05) is 0 Å². The topological polar surface area (TPSA) is 27.7 Å². The summed E-state index contributed by atoms with van der Waals surface area (Å²) in [6, 6.07) is 0. The molecule has 0 saturated heterocycles. The summed E-state index contributed by atoms with van der Waals surface area (Å²) in [4.78, 5) is 0. The number of halogens is 26. The monoisotopic (exact) mass is 710 g/mol. The molecule has 0 aliphatic carbocycles. The number of ether oxygens (including phenoxy) is 3. The molecule has 0 rings (SSSR count). The maximum Gasteiger partial charge on any atom is 0.462 e. The molecule has 0 radical (unpaired) electrons. The molecule has 29 heteroatoms. The van der Waals surface area contributed by atoms with Crippen LogP contribution in [0.15, 0.2) is 23.3 Å². The van der Waals surface area contributed by atoms with Crippen molar-refractivity contribution in [2.45, 2.75) is 60.8 Å². The molecule has 0 aromatic heterocycles. The van der Waals surface area contributed by atoms with Gasteiger partial charge >= 0.3 is 60.8 Å². The lowest BCUT2D eigenvalue weighted by Gasteiger charge is -2.30. The van der Waals surface area contributed by atoms with E-state index >= 15 is 0 Å². The van der Waals surface area contributed by atoms with E-state index in [2.05, 4.69) is 0 Å². The molecule has 0 heterocycles. The molecule has 3 nitrogen and oxygen atoms in total. The van der Waals surface area contributed by atoms with E-state index in [9.17, 15) is 114 Å². The molecule has 0 amide bonds. The van der Waals surface area contributed by atoms with Gasteiger partial charge in [0, 0.05) is 0 Å². The third-order valence-electron chi connectivity index (χ3n) is 3.62. The first-order valence-electron chi connectivity index (χ1n) is 8.64. The molecule has 0 unspecified atom stereocenters. The van der Waals surface area contributed by atoms with Gasteiger partial charge in [0.05, 0.1) is 0 Å². The molecule has 0 aliphatic rings. The summed E-state index contributed by atoms with van der Waals surface area (Å²) in [5.41, 5.74) is 0. The SMILES string of the molecule is FC(=C(F)C(F)(F)OC(F)(F)C(F)(F)C(F)(F)F)C(F)(F)OC(F)(F)C(F)=C(F)C(F)(F)OC(F)(F)C(F)(F)C(F)(F)F. The van der Waals surface area contributed by atoms with E-state index in [-0.39, 0.29) is 0 Å². The van der Waals surface area contributed by atoms with Gasteiger partial charge in [-0.3, -0.25) is 0 Å². The van der Waals surface area contributed by atoms with Gasteiger partial charge in [-0.05, 0) is 0 Å². The second kappa shape index (κ2) is 11.2. The molecule has 0 aromatic rings. The minimum absolute atomic E-state index is 1.30. The van der Waals surface area contributed by atoms with Crippen LogP contribution in [0.25, 0.3) is 0 Å². The van der Waals surface area contributed by atoms with Crippen LogP contribution in [-0.2, 0) is 14.2 Å². The third-order valence-corrected chi connectivity index (χ3v) is 3.62. The van der Waals surface area contributed by atoms with E-state index in [1.807, 2.05) is 0 Å². The van der Waals surface area contributed by atoms with Crippen LogP contribution in [-0.4, -0.2) is 60.8 Å². The molecule has 0 atom stereocenters. The molecule has 43 heavy (non-hydrogen) atoms. The molecular formula is C14F26O3. The Kier molecular flexibility index (Phi) is 10.5. The highest BCUT2D eigenvalue weighted by atomic mass is 19.4. The summed E-state index contributed by atoms with van der Waals surface area (Å²) in [6.45, 7) is 0. The fourth-order valence-electron chi connectivity index (χ4n) is 1.63. The van der Waals surface area contributed by atoms with Crippen molar-refractivity contribution >= 4 is 0 Å². The molecule has 0 aliphatic heterocycles. The molecule has 0 saturated carbocycles. The van der Waals surface area contributed by atoms with Crippen LogP contribution in [0.3, 0.4) is 0 Å². The zero-order valence-electron chi connectivity index (χ0n) is 18.1. The van der Waals surface area contributed by atoms with Crippen LogP contribution < -0.4 is 0 Å². The second-order valence-corrected chi connectivity index (χ2v) is 6.81. The number of alkyl halides is 22. The van der Waals surface area contributed by atoms with Gasteiger partial charge in [-0.15, -0.1) is 0 Å². The summed E-state index contributed by atoms with van der Waals surface area (Å²) in [5.74, 6) is -36.4. The van der Waals surface area contributed by atoms with E-state index in [4.69, 9.17) is 0 Å². The molecule has 0 fully saturated rings. The summed E-state index contributed by atoms with van der Waals surface area (Å²) >= 11 is 0. The minimum atomic E-state index is -7.79. The van der Waals surface area contributed by atoms with E-state index in [0.29, 0.717) is 0 Å². The van der Waals surface area contributed by atoms with Gasteiger partial charge in [0.1, 0.15) is 0 Å². The number of rotatable bonds is 12. The van der Waals surface area contributed by atoms with E-state index in [1.165, 1.54) is 14.2 Å². The Morgan fingerprint density at radius 2 is 0.442 bits per heavy atom. The van der Waals surface area contributed by atoms with Gasteiger partial charge in [0.15, 0.2) is 0 Å². The first kappa shape index (κ1) is 40.5. The van der Waals surface area contributed by atoms with Crippen molar-refractivity contribution < 1.29 is 128 Å². The van der Waals surface area contributed by atoms with Gasteiger partial charge in [-0.25, -0.2) is 14.2 Å². The first-order valence-corrected chi connectivity index (χ1v) is 8.64. The fourth-order valence-corrected chi connectivity index (χ4v) is 1.63. The predicted molar refractivity (Wildman–Crippen MR) is 73.4 cm³/mol. The van der Waals surface area contributed by atoms with Gasteiger partial charge in [-0.2, -0.15) is 114 Å². The van der Waals surface area contributed by atoms with Crippen molar-refractivity contribution in [1.29, 1.82) is 0 Å². The lowest BCUT2D eigenvalue weighted by Crippen LogP contribution is -2.56. The van der Waals surface area contributed by atoms with Crippen molar-refractivity contribution in [3.63, 3.8) is 0 Å². The lowest BCUT2D eigenvalue weighted by atomic mass is 10.3. The van der Waals surface area contributed by atoms with Gasteiger partial charge < -0.3 is 0 Å². The molecule has 0 spiro atoms. The quantitative estimate of drug-likeness (QED) is 0.189. The van der Waals surface area contributed by atoms with Crippen LogP contribution in [0.5, 0.6) is 0 Å². The average Bonchev–Trinajstić information content (AvgIpc) is 2.72. The van der Waals surface area contributed by atoms with Gasteiger partial charge in [-0.1, -0.05) is 0 Å². The molecule has 0 aromatic carbocycles. The Morgan fingerprint density at radius 1 is 0.279 bits per heavy atom. The predicted octanol–water partition coefficient (Wildman–Crippen LogP) is 9.29. The summed E-state index contributed by atoms with van der Waals surface area (Å²) in [6.07, 6.45) is -60.6. The van der Waals surface area contributed by atoms with Crippen LogP contribution in [0, 0.1) is 0 Å². The Labute approximate surface area is 214 Å². The largest absolute Gasteiger partial charge is 0.462 e. The van der Waals surface area contributed by atoms with Crippen molar-refractivity contribution in [1.82, 2.24) is 0 Å². The van der Waals surface area contributed by atoms with Crippen LogP contribution >= 0.6 is 0 Å². The molecule has 0 N–H and O–H groups in total. The number of hydrogen-bond acceptors (Lipinski definition) is 3. The zero-order valence-corrected chi connectivity index (χ0v) is 18.1. The maximum atomic E-state index is 13.3. The van der Waals surface area contributed by atoms with Crippen LogP contribution in [0.4, 0.5) is 114 Å². The summed E-state index contributed by atoms with van der Waals surface area (Å²) in [7, 11) is 0. The molecular weight excluding hydrogens is 710 g/mol. The Hall–Kier alpha value is -2.46. The first-order chi connectivity index (χ1) is 18.3. The van der Waals surface area contributed by atoms with Crippen LogP contribution in [0.2, 0.25) is 0 Å². The zero-order chi connectivity index (χ0) is 35.4. The third kappa shape index (κ3) is 7.98. The summed E-state index contributed by atoms with van der Waals surface area (Å²) in [5, 5.41) is 0. The van der Waals surface area contributed by atoms with E-state index in [1.54, 1.807) is 0 Å². The molecule has 256 valence electrons. The lowest BCUT2D eigenvalue weighted by molar-refractivity contribution is -0.467.